The highest BCUT2D eigenvalue weighted by molar-refractivity contribution is 7.86. The van der Waals surface area contributed by atoms with Crippen molar-refractivity contribution in [2.24, 2.45) is 0 Å². The number of hydrogen-bond donors (Lipinski definition) is 2. The Morgan fingerprint density at radius 1 is 1.06 bits per heavy atom. The van der Waals surface area contributed by atoms with Crippen molar-refractivity contribution in [3.05, 3.63) is 59.1 Å². The molecule has 11 heteroatoms. The Kier molecular flexibility index (Phi) is 9.29. The van der Waals surface area contributed by atoms with Gasteiger partial charge in [0.2, 0.25) is 17.7 Å². The summed E-state index contributed by atoms with van der Waals surface area (Å²) in [7, 11) is -1.93. The highest BCUT2D eigenvalue weighted by atomic mass is 35.5. The van der Waals surface area contributed by atoms with Crippen LogP contribution in [0.1, 0.15) is 27.7 Å². The SMILES string of the molecule is C[C@@H](C(=O)NC(C)(C)C)N(C(=O)C[S@](=O)CC(=O)Nc1ccc(F)cc1)c1ccc(F)c(Cl)c1. The molecule has 2 aromatic rings. The first-order chi connectivity index (χ1) is 15.8. The van der Waals surface area contributed by atoms with Crippen molar-refractivity contribution in [3.63, 3.8) is 0 Å². The van der Waals surface area contributed by atoms with Crippen molar-refractivity contribution < 1.29 is 27.4 Å². The zero-order chi connectivity index (χ0) is 25.6. The van der Waals surface area contributed by atoms with Crippen LogP contribution in [0.2, 0.25) is 5.02 Å². The summed E-state index contributed by atoms with van der Waals surface area (Å²) in [6, 6.07) is 7.49. The third-order valence-corrected chi connectivity index (χ3v) is 5.86. The first-order valence-corrected chi connectivity index (χ1v) is 12.1. The van der Waals surface area contributed by atoms with Gasteiger partial charge in [0.05, 0.1) is 5.02 Å². The van der Waals surface area contributed by atoms with Gasteiger partial charge in [-0.25, -0.2) is 8.78 Å². The first-order valence-electron chi connectivity index (χ1n) is 10.3. The monoisotopic (exact) mass is 513 g/mol. The number of benzene rings is 2. The number of carbonyl (C=O) groups excluding carboxylic acids is 3. The molecule has 0 aromatic heterocycles. The molecule has 2 aromatic carbocycles. The van der Waals surface area contributed by atoms with Gasteiger partial charge in [0.1, 0.15) is 29.2 Å². The predicted octanol–water partition coefficient (Wildman–Crippen LogP) is 3.64. The van der Waals surface area contributed by atoms with Gasteiger partial charge in [-0.15, -0.1) is 0 Å². The Morgan fingerprint density at radius 3 is 2.24 bits per heavy atom. The van der Waals surface area contributed by atoms with E-state index in [2.05, 4.69) is 10.6 Å². The van der Waals surface area contributed by atoms with E-state index in [1.54, 1.807) is 20.8 Å². The largest absolute Gasteiger partial charge is 0.350 e. The lowest BCUT2D eigenvalue weighted by molar-refractivity contribution is -0.126. The van der Waals surface area contributed by atoms with E-state index >= 15 is 0 Å². The number of rotatable bonds is 8. The van der Waals surface area contributed by atoms with E-state index in [0.717, 1.165) is 23.1 Å². The topological polar surface area (TPSA) is 95.6 Å². The average Bonchev–Trinajstić information content (AvgIpc) is 2.71. The van der Waals surface area contributed by atoms with Gasteiger partial charge in [0.25, 0.3) is 0 Å². The quantitative estimate of drug-likeness (QED) is 0.563. The van der Waals surface area contributed by atoms with Crippen molar-refractivity contribution in [1.29, 1.82) is 0 Å². The van der Waals surface area contributed by atoms with Crippen molar-refractivity contribution in [3.8, 4) is 0 Å². The van der Waals surface area contributed by atoms with E-state index < -0.39 is 63.2 Å². The summed E-state index contributed by atoms with van der Waals surface area (Å²) < 4.78 is 39.2. The number of nitrogens with zero attached hydrogens (tertiary/aromatic N) is 1. The Balaban J connectivity index is 2.17. The minimum absolute atomic E-state index is 0.140. The minimum Gasteiger partial charge on any atom is -0.350 e. The van der Waals surface area contributed by atoms with Crippen molar-refractivity contribution >= 4 is 51.5 Å². The molecule has 3 amide bonds. The van der Waals surface area contributed by atoms with E-state index in [0.29, 0.717) is 5.69 Å². The standard InChI is InChI=1S/C23H26ClF2N3O4S/c1-14(22(32)28-23(2,3)4)29(17-9-10-19(26)18(24)11-17)21(31)13-34(33)12-20(30)27-16-7-5-15(25)6-8-16/h5-11,14H,12-13H2,1-4H3,(H,27,30)(H,28,32)/t14-,34+/m0/s1. The van der Waals surface area contributed by atoms with Crippen LogP contribution in [0.15, 0.2) is 42.5 Å². The molecule has 0 unspecified atom stereocenters. The summed E-state index contributed by atoms with van der Waals surface area (Å²) in [5, 5.41) is 4.98. The molecule has 2 rings (SSSR count). The molecule has 0 radical (unpaired) electrons. The zero-order valence-electron chi connectivity index (χ0n) is 19.2. The van der Waals surface area contributed by atoms with Crippen LogP contribution in [-0.2, 0) is 25.2 Å². The molecule has 0 heterocycles. The number of amides is 3. The predicted molar refractivity (Wildman–Crippen MR) is 129 cm³/mol. The lowest BCUT2D eigenvalue weighted by Crippen LogP contribution is -2.53. The third kappa shape index (κ3) is 8.18. The Labute approximate surface area is 204 Å². The summed E-state index contributed by atoms with van der Waals surface area (Å²) in [6.07, 6.45) is 0. The molecular formula is C23H26ClF2N3O4S. The molecule has 0 saturated carbocycles. The maximum atomic E-state index is 13.7. The second-order valence-electron chi connectivity index (χ2n) is 8.56. The van der Waals surface area contributed by atoms with Crippen LogP contribution in [0.3, 0.4) is 0 Å². The van der Waals surface area contributed by atoms with Crippen molar-refractivity contribution in [2.75, 3.05) is 21.7 Å². The lowest BCUT2D eigenvalue weighted by Gasteiger charge is -2.31. The second-order valence-corrected chi connectivity index (χ2v) is 10.4. The van der Waals surface area contributed by atoms with Crippen molar-refractivity contribution in [2.45, 2.75) is 39.3 Å². The fourth-order valence-corrected chi connectivity index (χ4v) is 4.00. The summed E-state index contributed by atoms with van der Waals surface area (Å²) in [5.74, 6) is -4.08. The van der Waals surface area contributed by atoms with Crippen molar-refractivity contribution in [1.82, 2.24) is 5.32 Å². The van der Waals surface area contributed by atoms with Gasteiger partial charge in [-0.2, -0.15) is 0 Å². The second kappa shape index (κ2) is 11.5. The van der Waals surface area contributed by atoms with Gasteiger partial charge >= 0.3 is 0 Å². The molecule has 0 spiro atoms. The van der Waals surface area contributed by atoms with Crippen LogP contribution < -0.4 is 15.5 Å². The van der Waals surface area contributed by atoms with E-state index in [1.165, 1.54) is 31.2 Å². The molecule has 0 aliphatic carbocycles. The summed E-state index contributed by atoms with van der Waals surface area (Å²) >= 11 is 5.86. The Hall–Kier alpha value is -2.85. The van der Waals surface area contributed by atoms with E-state index in [1.807, 2.05) is 0 Å². The van der Waals surface area contributed by atoms with E-state index in [9.17, 15) is 27.4 Å². The van der Waals surface area contributed by atoms with Gasteiger partial charge in [0, 0.05) is 27.7 Å². The smallest absolute Gasteiger partial charge is 0.243 e. The van der Waals surface area contributed by atoms with Crippen LogP contribution in [0, 0.1) is 11.6 Å². The number of carbonyl (C=O) groups is 3. The third-order valence-electron chi connectivity index (χ3n) is 4.42. The van der Waals surface area contributed by atoms with Crippen LogP contribution >= 0.6 is 11.6 Å². The number of hydrogen-bond acceptors (Lipinski definition) is 4. The maximum absolute atomic E-state index is 13.7. The minimum atomic E-state index is -1.93. The molecule has 0 bridgehead atoms. The summed E-state index contributed by atoms with van der Waals surface area (Å²) in [6.45, 7) is 6.79. The van der Waals surface area contributed by atoms with Gasteiger partial charge in [0.15, 0.2) is 0 Å². The molecule has 0 saturated heterocycles. The summed E-state index contributed by atoms with van der Waals surface area (Å²) in [5.41, 5.74) is -0.132. The van der Waals surface area contributed by atoms with Gasteiger partial charge in [-0.3, -0.25) is 23.5 Å². The zero-order valence-corrected chi connectivity index (χ0v) is 20.7. The molecule has 184 valence electrons. The van der Waals surface area contributed by atoms with Gasteiger partial charge in [-0.05, 0) is 70.2 Å². The van der Waals surface area contributed by atoms with E-state index in [-0.39, 0.29) is 10.7 Å². The number of anilines is 2. The molecule has 0 aliphatic heterocycles. The Bertz CT molecular complexity index is 1090. The molecule has 2 N–H and O–H groups in total. The molecule has 34 heavy (non-hydrogen) atoms. The highest BCUT2D eigenvalue weighted by Gasteiger charge is 2.31. The number of halogens is 3. The van der Waals surface area contributed by atoms with Crippen LogP contribution in [0.5, 0.6) is 0 Å². The van der Waals surface area contributed by atoms with Crippen LogP contribution in [0.25, 0.3) is 0 Å². The fourth-order valence-electron chi connectivity index (χ4n) is 2.94. The molecular weight excluding hydrogens is 488 g/mol. The molecule has 0 aliphatic rings. The highest BCUT2D eigenvalue weighted by Crippen LogP contribution is 2.25. The molecule has 0 fully saturated rings. The lowest BCUT2D eigenvalue weighted by atomic mass is 10.1. The van der Waals surface area contributed by atoms with Crippen LogP contribution in [0.4, 0.5) is 20.2 Å². The summed E-state index contributed by atoms with van der Waals surface area (Å²) in [4.78, 5) is 39.1. The van der Waals surface area contributed by atoms with Gasteiger partial charge in [-0.1, -0.05) is 11.6 Å². The maximum Gasteiger partial charge on any atom is 0.243 e. The molecule has 7 nitrogen and oxygen atoms in total. The normalized spacial score (nSPS) is 13.0. The first kappa shape index (κ1) is 27.4. The van der Waals surface area contributed by atoms with Crippen LogP contribution in [-0.4, -0.2) is 45.0 Å². The fraction of sp³-hybridized carbons (Fsp3) is 0.348. The molecule has 2 atom stereocenters. The average molecular weight is 514 g/mol. The van der Waals surface area contributed by atoms with Gasteiger partial charge < -0.3 is 10.6 Å². The number of nitrogens with one attached hydrogen (secondary N) is 2. The van der Waals surface area contributed by atoms with E-state index in [4.69, 9.17) is 11.6 Å². The Morgan fingerprint density at radius 2 is 1.68 bits per heavy atom.